The summed E-state index contributed by atoms with van der Waals surface area (Å²) in [7, 11) is 0. The maximum Gasteiger partial charge on any atom is 0.00683 e. The minimum atomic E-state index is 0.837. The first-order valence-corrected chi connectivity index (χ1v) is 5.70. The smallest absolute Gasteiger partial charge is 0.00683 e. The summed E-state index contributed by atoms with van der Waals surface area (Å²) in [6.07, 6.45) is 5.10. The van der Waals surface area contributed by atoms with E-state index in [4.69, 9.17) is 0 Å². The van der Waals surface area contributed by atoms with E-state index < -0.39 is 0 Å². The van der Waals surface area contributed by atoms with Crippen LogP contribution in [0.3, 0.4) is 0 Å². The lowest BCUT2D eigenvalue weighted by Gasteiger charge is -2.07. The topological polar surface area (TPSA) is 12.0 Å². The molecule has 1 aliphatic carbocycles. The largest absolute Gasteiger partial charge is 0.314 e. The molecule has 76 valence electrons. The van der Waals surface area contributed by atoms with E-state index in [-0.39, 0.29) is 0 Å². The third kappa shape index (κ3) is 2.58. The van der Waals surface area contributed by atoms with Gasteiger partial charge in [-0.3, -0.25) is 0 Å². The van der Waals surface area contributed by atoms with Gasteiger partial charge in [-0.25, -0.2) is 0 Å². The second-order valence-electron chi connectivity index (χ2n) is 4.10. The van der Waals surface area contributed by atoms with Crippen LogP contribution >= 0.6 is 0 Å². The highest BCUT2D eigenvalue weighted by atomic mass is 14.9. The van der Waals surface area contributed by atoms with E-state index in [2.05, 4.69) is 36.5 Å². The molecular weight excluding hydrogens is 170 g/mol. The number of hydrogen-bond acceptors (Lipinski definition) is 1. The van der Waals surface area contributed by atoms with Crippen LogP contribution in [0.2, 0.25) is 0 Å². The molecule has 1 aliphatic rings. The summed E-state index contributed by atoms with van der Waals surface area (Å²) in [4.78, 5) is 0. The standard InChI is InChI=1S/C13H19N/c1-2-11-5-3-4-6-12(11)9-10-14-13-7-8-13/h3-6,13-14H,2,7-10H2,1H3. The molecule has 2 rings (SSSR count). The van der Waals surface area contributed by atoms with Crippen LogP contribution in [0.4, 0.5) is 0 Å². The molecule has 1 nitrogen and oxygen atoms in total. The molecule has 0 amide bonds. The Bertz CT molecular complexity index is 289. The van der Waals surface area contributed by atoms with E-state index in [1.165, 1.54) is 30.4 Å². The molecule has 0 saturated heterocycles. The predicted octanol–water partition coefficient (Wildman–Crippen LogP) is 2.54. The van der Waals surface area contributed by atoms with Gasteiger partial charge in [-0.05, 0) is 43.4 Å². The van der Waals surface area contributed by atoms with Crippen molar-refractivity contribution in [2.75, 3.05) is 6.54 Å². The Hall–Kier alpha value is -0.820. The fourth-order valence-electron chi connectivity index (χ4n) is 1.84. The maximum atomic E-state index is 3.56. The van der Waals surface area contributed by atoms with E-state index >= 15 is 0 Å². The molecular formula is C13H19N. The summed E-state index contributed by atoms with van der Waals surface area (Å²) in [6, 6.07) is 9.62. The Morgan fingerprint density at radius 2 is 1.93 bits per heavy atom. The maximum absolute atomic E-state index is 3.56. The summed E-state index contributed by atoms with van der Waals surface area (Å²) in [6.45, 7) is 3.37. The van der Waals surface area contributed by atoms with E-state index in [1.54, 1.807) is 0 Å². The van der Waals surface area contributed by atoms with Crippen molar-refractivity contribution in [2.24, 2.45) is 0 Å². The fraction of sp³-hybridized carbons (Fsp3) is 0.538. The Morgan fingerprint density at radius 1 is 1.21 bits per heavy atom. The van der Waals surface area contributed by atoms with Crippen molar-refractivity contribution in [2.45, 2.75) is 38.6 Å². The van der Waals surface area contributed by atoms with Crippen LogP contribution in [0, 0.1) is 0 Å². The van der Waals surface area contributed by atoms with Crippen molar-refractivity contribution in [3.8, 4) is 0 Å². The molecule has 0 aliphatic heterocycles. The highest BCUT2D eigenvalue weighted by Crippen LogP contribution is 2.18. The fourth-order valence-corrected chi connectivity index (χ4v) is 1.84. The summed E-state index contributed by atoms with van der Waals surface area (Å²) in [5.74, 6) is 0. The zero-order valence-electron chi connectivity index (χ0n) is 8.92. The second-order valence-corrected chi connectivity index (χ2v) is 4.10. The Balaban J connectivity index is 1.86. The zero-order chi connectivity index (χ0) is 9.80. The molecule has 1 heteroatoms. The molecule has 0 radical (unpaired) electrons. The molecule has 0 spiro atoms. The van der Waals surface area contributed by atoms with Crippen molar-refractivity contribution in [3.05, 3.63) is 35.4 Å². The molecule has 0 atom stereocenters. The van der Waals surface area contributed by atoms with Gasteiger partial charge in [0.2, 0.25) is 0 Å². The van der Waals surface area contributed by atoms with E-state index in [1.807, 2.05) is 0 Å². The lowest BCUT2D eigenvalue weighted by Crippen LogP contribution is -2.19. The number of rotatable bonds is 5. The van der Waals surface area contributed by atoms with Crippen LogP contribution in [0.25, 0.3) is 0 Å². The highest BCUT2D eigenvalue weighted by Gasteiger charge is 2.19. The van der Waals surface area contributed by atoms with E-state index in [0.717, 1.165) is 19.0 Å². The lowest BCUT2D eigenvalue weighted by molar-refractivity contribution is 0.679. The van der Waals surface area contributed by atoms with Gasteiger partial charge in [0.05, 0.1) is 0 Å². The minimum absolute atomic E-state index is 0.837. The van der Waals surface area contributed by atoms with Gasteiger partial charge in [-0.15, -0.1) is 0 Å². The SMILES string of the molecule is CCc1ccccc1CCNC1CC1. The van der Waals surface area contributed by atoms with Crippen molar-refractivity contribution < 1.29 is 0 Å². The first-order valence-electron chi connectivity index (χ1n) is 5.70. The van der Waals surface area contributed by atoms with Crippen LogP contribution in [-0.2, 0) is 12.8 Å². The van der Waals surface area contributed by atoms with Crippen LogP contribution in [0.15, 0.2) is 24.3 Å². The Kier molecular flexibility index (Phi) is 3.20. The average molecular weight is 189 g/mol. The molecule has 1 aromatic carbocycles. The number of aryl methyl sites for hydroxylation is 1. The molecule has 1 aromatic rings. The van der Waals surface area contributed by atoms with Crippen LogP contribution in [0.1, 0.15) is 30.9 Å². The van der Waals surface area contributed by atoms with Gasteiger partial charge in [-0.2, -0.15) is 0 Å². The molecule has 0 bridgehead atoms. The molecule has 1 N–H and O–H groups in total. The number of hydrogen-bond donors (Lipinski definition) is 1. The highest BCUT2D eigenvalue weighted by molar-refractivity contribution is 5.27. The van der Waals surface area contributed by atoms with Gasteiger partial charge in [0.15, 0.2) is 0 Å². The van der Waals surface area contributed by atoms with E-state index in [9.17, 15) is 0 Å². The minimum Gasteiger partial charge on any atom is -0.314 e. The predicted molar refractivity (Wildman–Crippen MR) is 60.5 cm³/mol. The number of benzene rings is 1. The summed E-state index contributed by atoms with van der Waals surface area (Å²) in [5, 5.41) is 3.56. The third-order valence-electron chi connectivity index (χ3n) is 2.90. The van der Waals surface area contributed by atoms with Gasteiger partial charge in [-0.1, -0.05) is 31.2 Å². The zero-order valence-corrected chi connectivity index (χ0v) is 8.92. The quantitative estimate of drug-likeness (QED) is 0.750. The van der Waals surface area contributed by atoms with Crippen LogP contribution < -0.4 is 5.32 Å². The van der Waals surface area contributed by atoms with Gasteiger partial charge in [0, 0.05) is 6.04 Å². The summed E-state index contributed by atoms with van der Waals surface area (Å²) in [5.41, 5.74) is 3.02. The van der Waals surface area contributed by atoms with Crippen LogP contribution in [0.5, 0.6) is 0 Å². The normalized spacial score (nSPS) is 15.8. The molecule has 14 heavy (non-hydrogen) atoms. The molecule has 1 saturated carbocycles. The third-order valence-corrected chi connectivity index (χ3v) is 2.90. The second kappa shape index (κ2) is 4.61. The first-order chi connectivity index (χ1) is 6.90. The monoisotopic (exact) mass is 189 g/mol. The Morgan fingerprint density at radius 3 is 2.57 bits per heavy atom. The number of nitrogens with one attached hydrogen (secondary N) is 1. The summed E-state index contributed by atoms with van der Waals surface area (Å²) >= 11 is 0. The Labute approximate surface area is 86.5 Å². The van der Waals surface area contributed by atoms with Gasteiger partial charge in [0.1, 0.15) is 0 Å². The lowest BCUT2D eigenvalue weighted by atomic mass is 10.0. The molecule has 0 aromatic heterocycles. The van der Waals surface area contributed by atoms with Crippen molar-refractivity contribution in [3.63, 3.8) is 0 Å². The summed E-state index contributed by atoms with van der Waals surface area (Å²) < 4.78 is 0. The first kappa shape index (κ1) is 9.72. The van der Waals surface area contributed by atoms with Gasteiger partial charge in [0.25, 0.3) is 0 Å². The van der Waals surface area contributed by atoms with Crippen molar-refractivity contribution in [1.82, 2.24) is 5.32 Å². The van der Waals surface area contributed by atoms with Crippen LogP contribution in [-0.4, -0.2) is 12.6 Å². The van der Waals surface area contributed by atoms with Gasteiger partial charge < -0.3 is 5.32 Å². The molecule has 0 unspecified atom stereocenters. The van der Waals surface area contributed by atoms with Crippen molar-refractivity contribution >= 4 is 0 Å². The average Bonchev–Trinajstić information content (AvgIpc) is 3.03. The van der Waals surface area contributed by atoms with Crippen molar-refractivity contribution in [1.29, 1.82) is 0 Å². The molecule has 1 fully saturated rings. The van der Waals surface area contributed by atoms with E-state index in [0.29, 0.717) is 0 Å². The van der Waals surface area contributed by atoms with Gasteiger partial charge >= 0.3 is 0 Å². The molecule has 0 heterocycles.